The zero-order valence-corrected chi connectivity index (χ0v) is 12.5. The Morgan fingerprint density at radius 2 is 1.74 bits per heavy atom. The van der Waals surface area contributed by atoms with Crippen LogP contribution < -0.4 is 10.7 Å². The molecule has 0 saturated carbocycles. The van der Waals surface area contributed by atoms with Crippen molar-refractivity contribution in [1.29, 1.82) is 0 Å². The fourth-order valence-corrected chi connectivity index (χ4v) is 1.73. The van der Waals surface area contributed by atoms with Gasteiger partial charge in [0.25, 0.3) is 5.91 Å². The van der Waals surface area contributed by atoms with Crippen molar-refractivity contribution in [1.82, 2.24) is 5.43 Å². The maximum atomic E-state index is 12.8. The number of carbonyl (C=O) groups excluding carboxylic acids is 2. The van der Waals surface area contributed by atoms with Gasteiger partial charge in [-0.3, -0.25) is 9.59 Å². The van der Waals surface area contributed by atoms with Crippen LogP contribution in [-0.2, 0) is 4.79 Å². The molecule has 2 amide bonds. The van der Waals surface area contributed by atoms with Gasteiger partial charge in [0.05, 0.1) is 6.21 Å². The van der Waals surface area contributed by atoms with Crippen LogP contribution in [0.4, 0.5) is 10.1 Å². The molecule has 0 aliphatic rings. The number of carbonyl (C=O) groups is 2. The van der Waals surface area contributed by atoms with Crippen LogP contribution in [-0.4, -0.2) is 18.0 Å². The third-order valence-corrected chi connectivity index (χ3v) is 3.00. The number of hydrogen-bond donors (Lipinski definition) is 2. The van der Waals surface area contributed by atoms with Gasteiger partial charge < -0.3 is 5.32 Å². The van der Waals surface area contributed by atoms with E-state index in [1.165, 1.54) is 18.3 Å². The summed E-state index contributed by atoms with van der Waals surface area (Å²) < 4.78 is 12.8. The van der Waals surface area contributed by atoms with Gasteiger partial charge in [0.1, 0.15) is 5.82 Å². The lowest BCUT2D eigenvalue weighted by Crippen LogP contribution is -2.17. The summed E-state index contributed by atoms with van der Waals surface area (Å²) in [7, 11) is 0. The molecule has 0 aromatic heterocycles. The van der Waals surface area contributed by atoms with Gasteiger partial charge >= 0.3 is 0 Å². The Hall–Kier alpha value is -3.02. The highest BCUT2D eigenvalue weighted by Gasteiger charge is 2.05. The first-order chi connectivity index (χ1) is 11.1. The summed E-state index contributed by atoms with van der Waals surface area (Å²) in [6.45, 7) is 1.76. The molecule has 0 bridgehead atoms. The normalized spacial score (nSPS) is 10.5. The van der Waals surface area contributed by atoms with E-state index in [0.29, 0.717) is 23.2 Å². The van der Waals surface area contributed by atoms with Crippen LogP contribution in [0.1, 0.15) is 29.3 Å². The second-order valence-electron chi connectivity index (χ2n) is 4.73. The van der Waals surface area contributed by atoms with Crippen LogP contribution in [0.3, 0.4) is 0 Å². The summed E-state index contributed by atoms with van der Waals surface area (Å²) >= 11 is 0. The van der Waals surface area contributed by atoms with Crippen molar-refractivity contribution < 1.29 is 14.0 Å². The molecular formula is C17H16FN3O2. The monoisotopic (exact) mass is 313 g/mol. The number of hydrazone groups is 1. The fourth-order valence-electron chi connectivity index (χ4n) is 1.73. The molecule has 0 fully saturated rings. The van der Waals surface area contributed by atoms with E-state index in [1.807, 2.05) is 0 Å². The largest absolute Gasteiger partial charge is 0.326 e. The highest BCUT2D eigenvalue weighted by Crippen LogP contribution is 2.10. The molecule has 0 aliphatic heterocycles. The Kier molecular flexibility index (Phi) is 5.57. The third-order valence-electron chi connectivity index (χ3n) is 3.00. The minimum absolute atomic E-state index is 0.0916. The molecular weight excluding hydrogens is 297 g/mol. The fraction of sp³-hybridized carbons (Fsp3) is 0.118. The zero-order chi connectivity index (χ0) is 16.7. The number of hydrogen-bond acceptors (Lipinski definition) is 3. The standard InChI is InChI=1S/C17H16FN3O2/c1-2-16(22)20-15-9-5-13(6-10-15)17(23)21-19-11-12-3-7-14(18)8-4-12/h3-11H,2H2,1H3,(H,20,22)(H,21,23)/b19-11+. The maximum Gasteiger partial charge on any atom is 0.271 e. The molecule has 0 saturated heterocycles. The maximum absolute atomic E-state index is 12.8. The summed E-state index contributed by atoms with van der Waals surface area (Å²) in [5, 5.41) is 6.51. The van der Waals surface area contributed by atoms with E-state index in [4.69, 9.17) is 0 Å². The van der Waals surface area contributed by atoms with Gasteiger partial charge in [-0.05, 0) is 42.0 Å². The Labute approximate surface area is 133 Å². The summed E-state index contributed by atoms with van der Waals surface area (Å²) in [6.07, 6.45) is 1.81. The van der Waals surface area contributed by atoms with Crippen molar-refractivity contribution in [2.75, 3.05) is 5.32 Å². The van der Waals surface area contributed by atoms with Crippen molar-refractivity contribution in [2.24, 2.45) is 5.10 Å². The van der Waals surface area contributed by atoms with Crippen molar-refractivity contribution >= 4 is 23.7 Å². The number of rotatable bonds is 5. The lowest BCUT2D eigenvalue weighted by molar-refractivity contribution is -0.115. The van der Waals surface area contributed by atoms with Crippen LogP contribution >= 0.6 is 0 Å². The summed E-state index contributed by atoms with van der Waals surface area (Å²) in [6, 6.07) is 12.2. The van der Waals surface area contributed by atoms with E-state index in [1.54, 1.807) is 43.3 Å². The number of benzene rings is 2. The summed E-state index contributed by atoms with van der Waals surface area (Å²) in [4.78, 5) is 23.2. The van der Waals surface area contributed by atoms with Crippen LogP contribution in [0.5, 0.6) is 0 Å². The highest BCUT2D eigenvalue weighted by molar-refractivity contribution is 5.96. The van der Waals surface area contributed by atoms with Crippen molar-refractivity contribution in [2.45, 2.75) is 13.3 Å². The van der Waals surface area contributed by atoms with Gasteiger partial charge in [-0.1, -0.05) is 19.1 Å². The van der Waals surface area contributed by atoms with Gasteiger partial charge in [0.15, 0.2) is 0 Å². The molecule has 6 heteroatoms. The number of halogens is 1. The first-order valence-electron chi connectivity index (χ1n) is 7.07. The minimum atomic E-state index is -0.378. The average Bonchev–Trinajstić information content (AvgIpc) is 2.57. The topological polar surface area (TPSA) is 70.6 Å². The second-order valence-corrected chi connectivity index (χ2v) is 4.73. The molecule has 0 aliphatic carbocycles. The van der Waals surface area contributed by atoms with Crippen LogP contribution in [0.2, 0.25) is 0 Å². The lowest BCUT2D eigenvalue weighted by atomic mass is 10.2. The van der Waals surface area contributed by atoms with Crippen LogP contribution in [0, 0.1) is 5.82 Å². The molecule has 0 radical (unpaired) electrons. The van der Waals surface area contributed by atoms with Crippen molar-refractivity contribution in [3.8, 4) is 0 Å². The SMILES string of the molecule is CCC(=O)Nc1ccc(C(=O)N/N=C/c2ccc(F)cc2)cc1. The molecule has 2 rings (SSSR count). The van der Waals surface area contributed by atoms with E-state index in [9.17, 15) is 14.0 Å². The van der Waals surface area contributed by atoms with Crippen LogP contribution in [0.15, 0.2) is 53.6 Å². The minimum Gasteiger partial charge on any atom is -0.326 e. The molecule has 0 heterocycles. The van der Waals surface area contributed by atoms with Crippen molar-refractivity contribution in [3.63, 3.8) is 0 Å². The molecule has 0 spiro atoms. The smallest absolute Gasteiger partial charge is 0.271 e. The summed E-state index contributed by atoms with van der Waals surface area (Å²) in [5.41, 5.74) is 4.09. The van der Waals surface area contributed by atoms with Gasteiger partial charge in [-0.2, -0.15) is 5.10 Å². The highest BCUT2D eigenvalue weighted by atomic mass is 19.1. The Balaban J connectivity index is 1.92. The van der Waals surface area contributed by atoms with Gasteiger partial charge in [0, 0.05) is 17.7 Å². The first kappa shape index (κ1) is 16.4. The number of nitrogens with zero attached hydrogens (tertiary/aromatic N) is 1. The Morgan fingerprint density at radius 1 is 1.09 bits per heavy atom. The van der Waals surface area contributed by atoms with Gasteiger partial charge in [-0.15, -0.1) is 0 Å². The van der Waals surface area contributed by atoms with E-state index in [0.717, 1.165) is 0 Å². The molecule has 2 N–H and O–H groups in total. The predicted molar refractivity (Wildman–Crippen MR) is 86.8 cm³/mol. The first-order valence-corrected chi connectivity index (χ1v) is 7.07. The molecule has 0 unspecified atom stereocenters. The summed E-state index contributed by atoms with van der Waals surface area (Å²) in [5.74, 6) is -0.802. The molecule has 5 nitrogen and oxygen atoms in total. The number of amides is 2. The molecule has 0 atom stereocenters. The Morgan fingerprint density at radius 3 is 2.35 bits per heavy atom. The van der Waals surface area contributed by atoms with Gasteiger partial charge in [-0.25, -0.2) is 9.82 Å². The lowest BCUT2D eigenvalue weighted by Gasteiger charge is -2.04. The van der Waals surface area contributed by atoms with Crippen molar-refractivity contribution in [3.05, 3.63) is 65.5 Å². The van der Waals surface area contributed by atoms with E-state index in [2.05, 4.69) is 15.8 Å². The zero-order valence-electron chi connectivity index (χ0n) is 12.5. The average molecular weight is 313 g/mol. The number of nitrogens with one attached hydrogen (secondary N) is 2. The quantitative estimate of drug-likeness (QED) is 0.658. The Bertz CT molecular complexity index is 710. The number of anilines is 1. The van der Waals surface area contributed by atoms with Crippen LogP contribution in [0.25, 0.3) is 0 Å². The second kappa shape index (κ2) is 7.84. The molecule has 118 valence electrons. The predicted octanol–water partition coefficient (Wildman–Crippen LogP) is 2.94. The third kappa shape index (κ3) is 5.03. The van der Waals surface area contributed by atoms with E-state index < -0.39 is 0 Å². The van der Waals surface area contributed by atoms with Gasteiger partial charge in [0.2, 0.25) is 5.91 Å². The molecule has 2 aromatic carbocycles. The van der Waals surface area contributed by atoms with E-state index in [-0.39, 0.29) is 17.6 Å². The molecule has 23 heavy (non-hydrogen) atoms. The van der Waals surface area contributed by atoms with E-state index >= 15 is 0 Å². The molecule has 2 aromatic rings.